The Hall–Kier alpha value is -2.31. The predicted octanol–water partition coefficient (Wildman–Crippen LogP) is 0.425. The van der Waals surface area contributed by atoms with Gasteiger partial charge in [0.1, 0.15) is 19.0 Å². The second-order valence-electron chi connectivity index (χ2n) is 3.80. The van der Waals surface area contributed by atoms with Crippen molar-refractivity contribution >= 4 is 11.8 Å². The van der Waals surface area contributed by atoms with Gasteiger partial charge in [-0.2, -0.15) is 10.2 Å². The van der Waals surface area contributed by atoms with Crippen molar-refractivity contribution in [3.63, 3.8) is 0 Å². The van der Waals surface area contributed by atoms with E-state index in [0.717, 1.165) is 12.1 Å². The molecule has 0 aliphatic carbocycles. The summed E-state index contributed by atoms with van der Waals surface area (Å²) in [5, 5.41) is 7.99. The summed E-state index contributed by atoms with van der Waals surface area (Å²) in [6.07, 6.45) is 5.16. The average molecular weight is 249 g/mol. The number of anilines is 1. The summed E-state index contributed by atoms with van der Waals surface area (Å²) >= 11 is 0. The minimum Gasteiger partial charge on any atom is -0.459 e. The Bertz CT molecular complexity index is 531. The number of esters is 1. The van der Waals surface area contributed by atoms with Crippen LogP contribution in [0.3, 0.4) is 0 Å². The first kappa shape index (κ1) is 12.2. The standard InChI is InChI=1S/C11H15N5O2/c1-2-15-6-9(5-13-15)8-18-11(17)7-16-4-3-10(12)14-16/h3-6H,2,7-8H2,1H3,(H2,12,14). The van der Waals surface area contributed by atoms with Crippen molar-refractivity contribution in [2.75, 3.05) is 5.73 Å². The minimum absolute atomic E-state index is 0.0547. The summed E-state index contributed by atoms with van der Waals surface area (Å²) < 4.78 is 8.32. The molecule has 18 heavy (non-hydrogen) atoms. The highest BCUT2D eigenvalue weighted by molar-refractivity contribution is 5.69. The normalized spacial score (nSPS) is 10.5. The van der Waals surface area contributed by atoms with Crippen LogP contribution in [0.4, 0.5) is 5.82 Å². The second kappa shape index (κ2) is 5.35. The van der Waals surface area contributed by atoms with E-state index in [4.69, 9.17) is 10.5 Å². The van der Waals surface area contributed by atoms with Gasteiger partial charge < -0.3 is 10.5 Å². The lowest BCUT2D eigenvalue weighted by molar-refractivity contribution is -0.145. The monoisotopic (exact) mass is 249 g/mol. The molecular weight excluding hydrogens is 234 g/mol. The van der Waals surface area contributed by atoms with Gasteiger partial charge in [-0.05, 0) is 13.0 Å². The fourth-order valence-electron chi connectivity index (χ4n) is 1.46. The number of carbonyl (C=O) groups is 1. The van der Waals surface area contributed by atoms with E-state index in [1.807, 2.05) is 13.1 Å². The molecule has 0 aromatic carbocycles. The summed E-state index contributed by atoms with van der Waals surface area (Å²) in [6.45, 7) is 3.06. The van der Waals surface area contributed by atoms with Gasteiger partial charge in [0.2, 0.25) is 0 Å². The van der Waals surface area contributed by atoms with Crippen LogP contribution >= 0.6 is 0 Å². The van der Waals surface area contributed by atoms with Crippen LogP contribution in [0.15, 0.2) is 24.7 Å². The first-order valence-corrected chi connectivity index (χ1v) is 5.63. The highest BCUT2D eigenvalue weighted by atomic mass is 16.5. The molecule has 0 fully saturated rings. The van der Waals surface area contributed by atoms with Crippen molar-refractivity contribution in [1.29, 1.82) is 0 Å². The van der Waals surface area contributed by atoms with Crippen molar-refractivity contribution in [3.8, 4) is 0 Å². The average Bonchev–Trinajstić information content (AvgIpc) is 2.95. The lowest BCUT2D eigenvalue weighted by Gasteiger charge is -2.03. The number of nitrogens with zero attached hydrogens (tertiary/aromatic N) is 4. The fraction of sp³-hybridized carbons (Fsp3) is 0.364. The summed E-state index contributed by atoms with van der Waals surface area (Å²) in [4.78, 5) is 11.5. The van der Waals surface area contributed by atoms with Gasteiger partial charge in [0.25, 0.3) is 0 Å². The predicted molar refractivity (Wildman–Crippen MR) is 64.3 cm³/mol. The molecule has 0 aliphatic rings. The molecule has 2 aromatic rings. The van der Waals surface area contributed by atoms with Gasteiger partial charge in [0.15, 0.2) is 0 Å². The zero-order valence-electron chi connectivity index (χ0n) is 10.1. The molecule has 0 saturated carbocycles. The van der Waals surface area contributed by atoms with Crippen LogP contribution < -0.4 is 5.73 Å². The first-order valence-electron chi connectivity index (χ1n) is 5.63. The molecule has 2 aromatic heterocycles. The molecule has 7 heteroatoms. The van der Waals surface area contributed by atoms with Crippen LogP contribution in [0, 0.1) is 0 Å². The molecule has 0 saturated heterocycles. The Kier molecular flexibility index (Phi) is 3.61. The zero-order valence-corrected chi connectivity index (χ0v) is 10.1. The van der Waals surface area contributed by atoms with E-state index < -0.39 is 0 Å². The van der Waals surface area contributed by atoms with E-state index in [2.05, 4.69) is 10.2 Å². The highest BCUT2D eigenvalue weighted by Crippen LogP contribution is 2.02. The molecule has 0 unspecified atom stereocenters. The van der Waals surface area contributed by atoms with Crippen LogP contribution in [-0.4, -0.2) is 25.5 Å². The van der Waals surface area contributed by atoms with Gasteiger partial charge in [0.05, 0.1) is 6.20 Å². The van der Waals surface area contributed by atoms with Crippen molar-refractivity contribution < 1.29 is 9.53 Å². The third-order valence-corrected chi connectivity index (χ3v) is 2.36. The highest BCUT2D eigenvalue weighted by Gasteiger charge is 2.06. The molecule has 0 bridgehead atoms. The first-order chi connectivity index (χ1) is 8.67. The lowest BCUT2D eigenvalue weighted by atomic mass is 10.4. The number of nitrogens with two attached hydrogens (primary N) is 1. The number of aromatic nitrogens is 4. The molecule has 2 N–H and O–H groups in total. The summed E-state index contributed by atoms with van der Waals surface area (Å²) in [6, 6.07) is 1.62. The largest absolute Gasteiger partial charge is 0.459 e. The molecule has 0 spiro atoms. The third kappa shape index (κ3) is 3.09. The van der Waals surface area contributed by atoms with Crippen LogP contribution in [0.1, 0.15) is 12.5 Å². The Labute approximate surface area is 104 Å². The van der Waals surface area contributed by atoms with Gasteiger partial charge in [-0.25, -0.2) is 0 Å². The molecule has 0 radical (unpaired) electrons. The quantitative estimate of drug-likeness (QED) is 0.776. The van der Waals surface area contributed by atoms with E-state index in [9.17, 15) is 4.79 Å². The van der Waals surface area contributed by atoms with Gasteiger partial charge >= 0.3 is 5.97 Å². The van der Waals surface area contributed by atoms with Crippen molar-refractivity contribution in [1.82, 2.24) is 19.6 Å². The molecule has 7 nitrogen and oxygen atoms in total. The van der Waals surface area contributed by atoms with Crippen LogP contribution in [-0.2, 0) is 29.2 Å². The molecular formula is C11H15N5O2. The van der Waals surface area contributed by atoms with E-state index in [-0.39, 0.29) is 19.1 Å². The molecule has 2 heterocycles. The van der Waals surface area contributed by atoms with Crippen LogP contribution in [0.25, 0.3) is 0 Å². The maximum absolute atomic E-state index is 11.5. The van der Waals surface area contributed by atoms with E-state index in [1.165, 1.54) is 4.68 Å². The molecule has 2 rings (SSSR count). The van der Waals surface area contributed by atoms with E-state index in [1.54, 1.807) is 23.1 Å². The summed E-state index contributed by atoms with van der Waals surface area (Å²) in [5.41, 5.74) is 6.31. The fourth-order valence-corrected chi connectivity index (χ4v) is 1.46. The summed E-state index contributed by atoms with van der Waals surface area (Å²) in [5.74, 6) is 0.0226. The third-order valence-electron chi connectivity index (χ3n) is 2.36. The molecule has 0 aliphatic heterocycles. The van der Waals surface area contributed by atoms with Crippen LogP contribution in [0.5, 0.6) is 0 Å². The van der Waals surface area contributed by atoms with Gasteiger partial charge in [-0.15, -0.1) is 0 Å². The van der Waals surface area contributed by atoms with Gasteiger partial charge in [0, 0.05) is 24.5 Å². The maximum Gasteiger partial charge on any atom is 0.328 e. The smallest absolute Gasteiger partial charge is 0.328 e. The van der Waals surface area contributed by atoms with Crippen molar-refractivity contribution in [2.45, 2.75) is 26.6 Å². The minimum atomic E-state index is -0.359. The summed E-state index contributed by atoms with van der Waals surface area (Å²) in [7, 11) is 0. The Morgan fingerprint density at radius 1 is 1.50 bits per heavy atom. The number of ether oxygens (including phenoxy) is 1. The molecule has 0 atom stereocenters. The maximum atomic E-state index is 11.5. The number of hydrogen-bond donors (Lipinski definition) is 1. The SMILES string of the molecule is CCn1cc(COC(=O)Cn2ccc(N)n2)cn1. The number of aryl methyl sites for hydroxylation is 1. The number of carbonyl (C=O) groups excluding carboxylic acids is 1. The lowest BCUT2D eigenvalue weighted by Crippen LogP contribution is -2.14. The number of hydrogen-bond acceptors (Lipinski definition) is 5. The van der Waals surface area contributed by atoms with E-state index in [0.29, 0.717) is 5.82 Å². The van der Waals surface area contributed by atoms with Gasteiger partial charge in [-0.3, -0.25) is 14.2 Å². The zero-order chi connectivity index (χ0) is 13.0. The number of nitrogen functional groups attached to an aromatic ring is 1. The van der Waals surface area contributed by atoms with Crippen molar-refractivity contribution in [2.24, 2.45) is 0 Å². The van der Waals surface area contributed by atoms with Crippen LogP contribution in [0.2, 0.25) is 0 Å². The topological polar surface area (TPSA) is 88.0 Å². The Balaban J connectivity index is 1.81. The van der Waals surface area contributed by atoms with E-state index >= 15 is 0 Å². The second-order valence-corrected chi connectivity index (χ2v) is 3.80. The molecule has 0 amide bonds. The van der Waals surface area contributed by atoms with Gasteiger partial charge in [-0.1, -0.05) is 0 Å². The molecule has 96 valence electrons. The Morgan fingerprint density at radius 3 is 2.94 bits per heavy atom. The Morgan fingerprint density at radius 2 is 2.33 bits per heavy atom. The van der Waals surface area contributed by atoms with Crippen molar-refractivity contribution in [3.05, 3.63) is 30.2 Å². The number of rotatable bonds is 5.